The number of quaternary nitrogens is 2. The first-order valence-corrected chi connectivity index (χ1v) is 13.4. The Balaban J connectivity index is 0.00000204. The van der Waals surface area contributed by atoms with Crippen LogP contribution >= 0.6 is 0 Å². The largest absolute Gasteiger partial charge is 1.00 e. The molecule has 0 aromatic rings. The molecule has 198 valence electrons. The van der Waals surface area contributed by atoms with Gasteiger partial charge < -0.3 is 66.4 Å². The lowest BCUT2D eigenvalue weighted by molar-refractivity contribution is -0.947. The molecule has 4 atom stereocenters. The number of carbonyl (C=O) groups is 2. The number of hydrogen-bond donors (Lipinski definition) is 0. The van der Waals surface area contributed by atoms with Crippen LogP contribution in [0, 0.1) is 0 Å². The molecule has 4 aliphatic rings. The van der Waals surface area contributed by atoms with E-state index in [1.807, 2.05) is 0 Å². The summed E-state index contributed by atoms with van der Waals surface area (Å²) in [6.07, 6.45) is 11.6. The van der Waals surface area contributed by atoms with Gasteiger partial charge in [-0.15, -0.1) is 0 Å². The molecule has 8 heteroatoms. The molecule has 34 heavy (non-hydrogen) atoms. The smallest absolute Gasteiger partial charge is 0.306 e. The minimum absolute atomic E-state index is 0. The number of carbonyl (C=O) groups excluding carboxylic acids is 2. The van der Waals surface area contributed by atoms with Gasteiger partial charge in [0.05, 0.1) is 51.4 Å². The number of nitrogens with zero attached hydrogens (tertiary/aromatic N) is 2. The third-order valence-corrected chi connectivity index (χ3v) is 10.1. The molecule has 0 aliphatic carbocycles. The molecule has 0 aromatic heterocycles. The summed E-state index contributed by atoms with van der Waals surface area (Å²) in [7, 11) is 4.75. The Morgan fingerprint density at radius 1 is 0.647 bits per heavy atom. The van der Waals surface area contributed by atoms with Crippen LogP contribution in [0.25, 0.3) is 0 Å². The van der Waals surface area contributed by atoms with Crippen molar-refractivity contribution in [2.75, 3.05) is 27.2 Å². The number of fused-ring (bicyclic) bond motifs is 4. The van der Waals surface area contributed by atoms with Gasteiger partial charge in [-0.1, -0.05) is 0 Å². The van der Waals surface area contributed by atoms with Crippen molar-refractivity contribution in [3.8, 4) is 0 Å². The van der Waals surface area contributed by atoms with Crippen LogP contribution in [0.4, 0.5) is 0 Å². The summed E-state index contributed by atoms with van der Waals surface area (Å²) in [5.41, 5.74) is 0. The van der Waals surface area contributed by atoms with Crippen molar-refractivity contribution in [3.05, 3.63) is 0 Å². The van der Waals surface area contributed by atoms with Crippen molar-refractivity contribution in [3.63, 3.8) is 0 Å². The first kappa shape index (κ1) is 30.5. The summed E-state index contributed by atoms with van der Waals surface area (Å²) in [6, 6.07) is 2.59. The fourth-order valence-corrected chi connectivity index (χ4v) is 7.64. The molecule has 4 saturated heterocycles. The number of halogens is 2. The Kier molecular flexibility index (Phi) is 11.4. The van der Waals surface area contributed by atoms with E-state index in [0.717, 1.165) is 34.6 Å². The number of rotatable bonds is 9. The molecule has 4 bridgehead atoms. The highest BCUT2D eigenvalue weighted by Crippen LogP contribution is 2.43. The van der Waals surface area contributed by atoms with Gasteiger partial charge in [0.1, 0.15) is 12.2 Å². The van der Waals surface area contributed by atoms with Gasteiger partial charge in [0.2, 0.25) is 0 Å². The third kappa shape index (κ3) is 6.23. The van der Waals surface area contributed by atoms with Crippen molar-refractivity contribution >= 4 is 11.9 Å². The highest BCUT2D eigenvalue weighted by molar-refractivity contribution is 5.70. The first-order chi connectivity index (χ1) is 15.3. The second kappa shape index (κ2) is 12.7. The number of hydrogen-bond acceptors (Lipinski definition) is 4. The number of esters is 2. The second-order valence-electron chi connectivity index (χ2n) is 11.5. The Morgan fingerprint density at radius 2 is 0.941 bits per heavy atom. The van der Waals surface area contributed by atoms with E-state index in [4.69, 9.17) is 9.47 Å². The molecule has 4 rings (SSSR count). The van der Waals surface area contributed by atoms with Crippen LogP contribution in [-0.2, 0) is 19.1 Å². The molecule has 0 saturated carbocycles. The maximum absolute atomic E-state index is 12.4. The average Bonchev–Trinajstić information content (AvgIpc) is 3.03. The molecule has 4 fully saturated rings. The van der Waals surface area contributed by atoms with Crippen molar-refractivity contribution in [2.45, 2.75) is 127 Å². The second-order valence-corrected chi connectivity index (χ2v) is 11.5. The van der Waals surface area contributed by atoms with Gasteiger partial charge >= 0.3 is 11.9 Å². The standard InChI is InChI=1S/C26H46N2O4.2HI/c1-5-27(3)19-11-12-20(27)16-23(15-19)31-25(29)9-7-8-10-26(30)32-24-17-21-13-14-22(18-24)28(21,4)6-2;;/h19-24H,5-18H2,1-4H3;2*1H/q+2;;/p-2. The first-order valence-electron chi connectivity index (χ1n) is 13.4. The van der Waals surface area contributed by atoms with Crippen molar-refractivity contribution in [2.24, 2.45) is 0 Å². The van der Waals surface area contributed by atoms with Crippen LogP contribution in [0.2, 0.25) is 0 Å². The van der Waals surface area contributed by atoms with E-state index >= 15 is 0 Å². The predicted octanol–water partition coefficient (Wildman–Crippen LogP) is -2.04. The van der Waals surface area contributed by atoms with Crippen LogP contribution in [0.15, 0.2) is 0 Å². The zero-order valence-electron chi connectivity index (χ0n) is 21.6. The van der Waals surface area contributed by atoms with Crippen molar-refractivity contribution in [1.82, 2.24) is 0 Å². The molecule has 6 nitrogen and oxygen atoms in total. The summed E-state index contributed by atoms with van der Waals surface area (Å²) in [5, 5.41) is 0. The Bertz CT molecular complexity index is 620. The zero-order valence-corrected chi connectivity index (χ0v) is 26.0. The van der Waals surface area contributed by atoms with Crippen LogP contribution in [0.3, 0.4) is 0 Å². The van der Waals surface area contributed by atoms with Gasteiger partial charge in [-0.25, -0.2) is 0 Å². The minimum Gasteiger partial charge on any atom is -1.00 e. The Morgan fingerprint density at radius 3 is 1.21 bits per heavy atom. The number of unbranched alkanes of at least 4 members (excludes halogenated alkanes) is 1. The molecule has 4 aliphatic heterocycles. The normalized spacial score (nSPS) is 40.1. The lowest BCUT2D eigenvalue weighted by Crippen LogP contribution is -3.00. The molecule has 4 heterocycles. The van der Waals surface area contributed by atoms with Gasteiger partial charge in [0, 0.05) is 64.2 Å². The van der Waals surface area contributed by atoms with E-state index in [0.29, 0.717) is 49.9 Å². The van der Waals surface area contributed by atoms with Crippen LogP contribution in [0.1, 0.15) is 90.9 Å². The number of ether oxygens (including phenoxy) is 2. The topological polar surface area (TPSA) is 52.6 Å². The predicted molar refractivity (Wildman–Crippen MR) is 124 cm³/mol. The van der Waals surface area contributed by atoms with E-state index in [1.54, 1.807) is 0 Å². The fourth-order valence-electron chi connectivity index (χ4n) is 7.64. The molecule has 0 spiro atoms. The summed E-state index contributed by atoms with van der Waals surface area (Å²) in [5.74, 6) is -0.174. The van der Waals surface area contributed by atoms with E-state index in [-0.39, 0.29) is 72.1 Å². The third-order valence-electron chi connectivity index (χ3n) is 10.1. The Hall–Kier alpha value is 0.320. The quantitative estimate of drug-likeness (QED) is 0.120. The van der Waals surface area contributed by atoms with Gasteiger partial charge in [-0.3, -0.25) is 9.59 Å². The summed E-state index contributed by atoms with van der Waals surface area (Å²) in [6.45, 7) is 6.90. The van der Waals surface area contributed by atoms with Crippen LogP contribution in [-0.4, -0.2) is 84.5 Å². The SMILES string of the molecule is CC[N+]1(C)C2CCC1CC(OC(=O)CCCCC(=O)OC1CC3CCC(C1)[N+]3(C)CC)C2.[I-].[I-]. The molecule has 0 amide bonds. The van der Waals surface area contributed by atoms with E-state index < -0.39 is 0 Å². The highest BCUT2D eigenvalue weighted by Gasteiger charge is 2.52. The van der Waals surface area contributed by atoms with E-state index in [2.05, 4.69) is 27.9 Å². The van der Waals surface area contributed by atoms with Crippen LogP contribution in [0.5, 0.6) is 0 Å². The number of piperidine rings is 2. The fraction of sp³-hybridized carbons (Fsp3) is 0.923. The lowest BCUT2D eigenvalue weighted by atomic mass is 9.96. The molecular weight excluding hydrogens is 658 g/mol. The maximum Gasteiger partial charge on any atom is 0.306 e. The monoisotopic (exact) mass is 704 g/mol. The average molecular weight is 704 g/mol. The molecule has 0 radical (unpaired) electrons. The molecule has 0 aromatic carbocycles. The van der Waals surface area contributed by atoms with Gasteiger partial charge in [-0.05, 0) is 26.7 Å². The molecular formula is C26H46I2N2O4. The van der Waals surface area contributed by atoms with Gasteiger partial charge in [0.25, 0.3) is 0 Å². The van der Waals surface area contributed by atoms with E-state index in [1.165, 1.54) is 38.8 Å². The summed E-state index contributed by atoms with van der Waals surface area (Å²) >= 11 is 0. The maximum atomic E-state index is 12.4. The summed E-state index contributed by atoms with van der Waals surface area (Å²) < 4.78 is 14.0. The lowest BCUT2D eigenvalue weighted by Gasteiger charge is -2.46. The van der Waals surface area contributed by atoms with Gasteiger partial charge in [0.15, 0.2) is 0 Å². The van der Waals surface area contributed by atoms with Crippen LogP contribution < -0.4 is 48.0 Å². The van der Waals surface area contributed by atoms with E-state index in [9.17, 15) is 9.59 Å². The van der Waals surface area contributed by atoms with Crippen molar-refractivity contribution < 1.29 is 76.0 Å². The van der Waals surface area contributed by atoms with Gasteiger partial charge in [-0.2, -0.15) is 0 Å². The zero-order chi connectivity index (χ0) is 22.9. The minimum atomic E-state index is -0.0872. The summed E-state index contributed by atoms with van der Waals surface area (Å²) in [4.78, 5) is 24.7. The highest BCUT2D eigenvalue weighted by atomic mass is 127. The molecule has 0 N–H and O–H groups in total. The van der Waals surface area contributed by atoms with Crippen molar-refractivity contribution in [1.29, 1.82) is 0 Å². The molecule has 4 unspecified atom stereocenters. The Labute approximate surface area is 241 Å².